The molecule has 0 bridgehead atoms. The molecule has 2 heterocycles. The molecule has 0 unspecified atom stereocenters. The molecule has 2 aromatic heterocycles. The number of amides is 2. The van der Waals surface area contributed by atoms with Crippen molar-refractivity contribution in [3.05, 3.63) is 64.9 Å². The number of nitrogens with one attached hydrogen (secondary N) is 3. The first kappa shape index (κ1) is 20.8. The lowest BCUT2D eigenvalue weighted by Crippen LogP contribution is -2.37. The summed E-state index contributed by atoms with van der Waals surface area (Å²) in [6.45, 7) is 6.79. The molecule has 3 N–H and O–H groups in total. The number of carbonyl (C=O) groups is 2. The molecule has 0 aliphatic heterocycles. The lowest BCUT2D eigenvalue weighted by atomic mass is 9.87. The molecule has 0 radical (unpaired) electrons. The SMILES string of the molecule is CC(C)(C)c1ccc(C(=O)NCC(=O)NCCc2[nH]cnc2-c2cccs2)cc1. The lowest BCUT2D eigenvalue weighted by Gasteiger charge is -2.19. The Morgan fingerprint density at radius 2 is 1.86 bits per heavy atom. The smallest absolute Gasteiger partial charge is 0.251 e. The van der Waals surface area contributed by atoms with E-state index in [0.717, 1.165) is 21.8 Å². The number of carbonyl (C=O) groups excluding carboxylic acids is 2. The zero-order valence-corrected chi connectivity index (χ0v) is 17.7. The Bertz CT molecular complexity index is 954. The van der Waals surface area contributed by atoms with Gasteiger partial charge in [-0.05, 0) is 34.6 Å². The highest BCUT2D eigenvalue weighted by molar-refractivity contribution is 7.13. The maximum Gasteiger partial charge on any atom is 0.251 e. The first-order valence-corrected chi connectivity index (χ1v) is 10.4. The summed E-state index contributed by atoms with van der Waals surface area (Å²) in [6.07, 6.45) is 2.30. The van der Waals surface area contributed by atoms with Crippen LogP contribution in [0.5, 0.6) is 0 Å². The van der Waals surface area contributed by atoms with Gasteiger partial charge >= 0.3 is 0 Å². The monoisotopic (exact) mass is 410 g/mol. The Kier molecular flexibility index (Phi) is 6.49. The van der Waals surface area contributed by atoms with Crippen LogP contribution in [0.1, 0.15) is 42.4 Å². The topological polar surface area (TPSA) is 86.9 Å². The molecule has 0 saturated heterocycles. The van der Waals surface area contributed by atoms with Crippen LogP contribution in [-0.2, 0) is 16.6 Å². The van der Waals surface area contributed by atoms with Crippen LogP contribution in [-0.4, -0.2) is 34.9 Å². The van der Waals surface area contributed by atoms with Gasteiger partial charge in [0, 0.05) is 24.2 Å². The minimum absolute atomic E-state index is 0.0346. The number of hydrogen-bond donors (Lipinski definition) is 3. The highest BCUT2D eigenvalue weighted by Crippen LogP contribution is 2.25. The van der Waals surface area contributed by atoms with Crippen molar-refractivity contribution in [1.29, 1.82) is 0 Å². The van der Waals surface area contributed by atoms with Crippen LogP contribution in [0, 0.1) is 0 Å². The van der Waals surface area contributed by atoms with E-state index in [4.69, 9.17) is 0 Å². The Hall–Kier alpha value is -2.93. The second-order valence-electron chi connectivity index (χ2n) is 7.82. The average molecular weight is 411 g/mol. The summed E-state index contributed by atoms with van der Waals surface area (Å²) < 4.78 is 0. The first-order chi connectivity index (χ1) is 13.8. The summed E-state index contributed by atoms with van der Waals surface area (Å²) in [6, 6.07) is 11.5. The Labute approximate surface area is 174 Å². The number of aromatic amines is 1. The van der Waals surface area contributed by atoms with Gasteiger partial charge in [-0.2, -0.15) is 0 Å². The van der Waals surface area contributed by atoms with Crippen LogP contribution in [0.25, 0.3) is 10.6 Å². The van der Waals surface area contributed by atoms with E-state index < -0.39 is 0 Å². The molecule has 2 amide bonds. The molecule has 7 heteroatoms. The third-order valence-corrected chi connectivity index (χ3v) is 5.47. The zero-order chi connectivity index (χ0) is 20.9. The van der Waals surface area contributed by atoms with Crippen molar-refractivity contribution >= 4 is 23.2 Å². The summed E-state index contributed by atoms with van der Waals surface area (Å²) >= 11 is 1.63. The van der Waals surface area contributed by atoms with E-state index in [1.165, 1.54) is 0 Å². The summed E-state index contributed by atoms with van der Waals surface area (Å²) in [5.74, 6) is -0.476. The summed E-state index contributed by atoms with van der Waals surface area (Å²) in [7, 11) is 0. The lowest BCUT2D eigenvalue weighted by molar-refractivity contribution is -0.120. The predicted octanol–water partition coefficient (Wildman–Crippen LogP) is 3.52. The van der Waals surface area contributed by atoms with Gasteiger partial charge in [0.25, 0.3) is 5.91 Å². The number of aromatic nitrogens is 2. The largest absolute Gasteiger partial charge is 0.354 e. The quantitative estimate of drug-likeness (QED) is 0.557. The van der Waals surface area contributed by atoms with E-state index in [-0.39, 0.29) is 23.8 Å². The molecule has 1 aromatic carbocycles. The molecule has 0 aliphatic carbocycles. The first-order valence-electron chi connectivity index (χ1n) is 9.56. The van der Waals surface area contributed by atoms with Crippen molar-refractivity contribution in [2.45, 2.75) is 32.6 Å². The van der Waals surface area contributed by atoms with E-state index in [1.807, 2.05) is 29.6 Å². The van der Waals surface area contributed by atoms with Gasteiger partial charge in [-0.1, -0.05) is 39.0 Å². The number of rotatable bonds is 7. The highest BCUT2D eigenvalue weighted by Gasteiger charge is 2.15. The molecule has 0 spiro atoms. The molecule has 6 nitrogen and oxygen atoms in total. The van der Waals surface area contributed by atoms with Crippen LogP contribution >= 0.6 is 11.3 Å². The molecular weight excluding hydrogens is 384 g/mol. The van der Waals surface area contributed by atoms with Gasteiger partial charge in [-0.15, -0.1) is 11.3 Å². The third-order valence-electron chi connectivity index (χ3n) is 4.59. The van der Waals surface area contributed by atoms with Crippen molar-refractivity contribution < 1.29 is 9.59 Å². The van der Waals surface area contributed by atoms with Crippen LogP contribution < -0.4 is 10.6 Å². The van der Waals surface area contributed by atoms with Gasteiger partial charge in [-0.3, -0.25) is 9.59 Å². The fraction of sp³-hybridized carbons (Fsp3) is 0.318. The molecule has 0 aliphatic rings. The van der Waals surface area contributed by atoms with E-state index in [9.17, 15) is 9.59 Å². The minimum atomic E-state index is -0.255. The average Bonchev–Trinajstić information content (AvgIpc) is 3.37. The van der Waals surface area contributed by atoms with E-state index in [0.29, 0.717) is 18.5 Å². The molecule has 29 heavy (non-hydrogen) atoms. The highest BCUT2D eigenvalue weighted by atomic mass is 32.1. The molecule has 152 valence electrons. The van der Waals surface area contributed by atoms with Gasteiger partial charge < -0.3 is 15.6 Å². The molecule has 0 saturated carbocycles. The second kappa shape index (κ2) is 9.05. The number of thiophene rings is 1. The van der Waals surface area contributed by atoms with Crippen molar-refractivity contribution in [3.63, 3.8) is 0 Å². The van der Waals surface area contributed by atoms with Crippen molar-refractivity contribution in [1.82, 2.24) is 20.6 Å². The number of hydrogen-bond acceptors (Lipinski definition) is 4. The van der Waals surface area contributed by atoms with Gasteiger partial charge in [0.1, 0.15) is 5.69 Å². The number of H-pyrrole nitrogens is 1. The Morgan fingerprint density at radius 3 is 2.52 bits per heavy atom. The molecule has 3 rings (SSSR count). The fourth-order valence-corrected chi connectivity index (χ4v) is 3.66. The Balaban J connectivity index is 1.44. The maximum atomic E-state index is 12.2. The number of nitrogens with zero attached hydrogens (tertiary/aromatic N) is 1. The van der Waals surface area contributed by atoms with E-state index in [1.54, 1.807) is 29.8 Å². The van der Waals surface area contributed by atoms with Gasteiger partial charge in [0.15, 0.2) is 0 Å². The molecular formula is C22H26N4O2S. The van der Waals surface area contributed by atoms with Crippen molar-refractivity contribution in [2.24, 2.45) is 0 Å². The van der Waals surface area contributed by atoms with Gasteiger partial charge in [0.05, 0.1) is 17.7 Å². The normalized spacial score (nSPS) is 11.3. The summed E-state index contributed by atoms with van der Waals surface area (Å²) in [5.41, 5.74) is 3.64. The standard InChI is InChI=1S/C22H26N4O2S/c1-22(2,3)16-8-6-15(7-9-16)21(28)24-13-19(27)23-11-10-17-20(26-14-25-17)18-5-4-12-29-18/h4-9,12,14H,10-11,13H2,1-3H3,(H,23,27)(H,24,28)(H,25,26). The molecule has 3 aromatic rings. The number of benzene rings is 1. The second-order valence-corrected chi connectivity index (χ2v) is 8.76. The Morgan fingerprint density at radius 1 is 1.10 bits per heavy atom. The van der Waals surface area contributed by atoms with Crippen LogP contribution in [0.2, 0.25) is 0 Å². The molecule has 0 atom stereocenters. The zero-order valence-electron chi connectivity index (χ0n) is 16.9. The van der Waals surface area contributed by atoms with Crippen molar-refractivity contribution in [3.8, 4) is 10.6 Å². The summed E-state index contributed by atoms with van der Waals surface area (Å²) in [4.78, 5) is 32.9. The third kappa shape index (κ3) is 5.54. The van der Waals surface area contributed by atoms with E-state index >= 15 is 0 Å². The number of imidazole rings is 1. The van der Waals surface area contributed by atoms with Crippen LogP contribution in [0.4, 0.5) is 0 Å². The maximum absolute atomic E-state index is 12.2. The fourth-order valence-electron chi connectivity index (χ4n) is 2.91. The van der Waals surface area contributed by atoms with Crippen LogP contribution in [0.15, 0.2) is 48.1 Å². The minimum Gasteiger partial charge on any atom is -0.354 e. The van der Waals surface area contributed by atoms with Gasteiger partial charge in [0.2, 0.25) is 5.91 Å². The predicted molar refractivity (Wildman–Crippen MR) is 116 cm³/mol. The van der Waals surface area contributed by atoms with Crippen molar-refractivity contribution in [2.75, 3.05) is 13.1 Å². The van der Waals surface area contributed by atoms with Crippen LogP contribution in [0.3, 0.4) is 0 Å². The summed E-state index contributed by atoms with van der Waals surface area (Å²) in [5, 5.41) is 7.50. The molecule has 0 fully saturated rings. The van der Waals surface area contributed by atoms with Gasteiger partial charge in [-0.25, -0.2) is 4.98 Å². The van der Waals surface area contributed by atoms with E-state index in [2.05, 4.69) is 41.4 Å².